The number of benzene rings is 1. The molecule has 1 amide bonds. The molecule has 0 radical (unpaired) electrons. The van der Waals surface area contributed by atoms with Gasteiger partial charge in [0.1, 0.15) is 6.04 Å². The van der Waals surface area contributed by atoms with Gasteiger partial charge >= 0.3 is 12.1 Å². The van der Waals surface area contributed by atoms with Crippen LogP contribution in [0.25, 0.3) is 22.0 Å². The van der Waals surface area contributed by atoms with E-state index in [1.54, 1.807) is 43.5 Å². The lowest BCUT2D eigenvalue weighted by atomic mass is 9.95. The van der Waals surface area contributed by atoms with Crippen molar-refractivity contribution in [3.05, 3.63) is 93.3 Å². The average molecular weight is 652 g/mol. The molecule has 0 saturated heterocycles. The van der Waals surface area contributed by atoms with Gasteiger partial charge in [0, 0.05) is 42.2 Å². The molecular formula is C35H40F3N5O4. The molecule has 12 heteroatoms. The van der Waals surface area contributed by atoms with E-state index in [1.165, 1.54) is 0 Å². The Morgan fingerprint density at radius 3 is 2.36 bits per heavy atom. The fourth-order valence-corrected chi connectivity index (χ4v) is 5.77. The van der Waals surface area contributed by atoms with E-state index in [-0.39, 0.29) is 36.6 Å². The number of rotatable bonds is 12. The van der Waals surface area contributed by atoms with Crippen LogP contribution in [0.15, 0.2) is 59.8 Å². The second kappa shape index (κ2) is 14.5. The molecule has 2 N–H and O–H groups in total. The van der Waals surface area contributed by atoms with Crippen LogP contribution in [0, 0.1) is 19.8 Å². The van der Waals surface area contributed by atoms with Gasteiger partial charge in [-0.25, -0.2) is 4.98 Å². The van der Waals surface area contributed by atoms with E-state index in [9.17, 15) is 32.7 Å². The van der Waals surface area contributed by atoms with Gasteiger partial charge in [0.25, 0.3) is 5.56 Å². The van der Waals surface area contributed by atoms with Gasteiger partial charge in [-0.05, 0) is 80.9 Å². The van der Waals surface area contributed by atoms with Crippen molar-refractivity contribution in [3.63, 3.8) is 0 Å². The van der Waals surface area contributed by atoms with E-state index in [0.717, 1.165) is 38.2 Å². The summed E-state index contributed by atoms with van der Waals surface area (Å²) in [7, 11) is 3.45. The van der Waals surface area contributed by atoms with Crippen LogP contribution in [0.4, 0.5) is 13.2 Å². The first-order valence-corrected chi connectivity index (χ1v) is 15.4. The van der Waals surface area contributed by atoms with Crippen molar-refractivity contribution in [1.82, 2.24) is 24.8 Å². The topological polar surface area (TPSA) is 117 Å². The average Bonchev–Trinajstić information content (AvgIpc) is 2.97. The number of carboxylic acids is 1. The molecule has 0 saturated carbocycles. The van der Waals surface area contributed by atoms with Crippen molar-refractivity contribution < 1.29 is 27.9 Å². The van der Waals surface area contributed by atoms with E-state index in [2.05, 4.69) is 10.3 Å². The fraction of sp³-hybridized carbons (Fsp3) is 0.400. The summed E-state index contributed by atoms with van der Waals surface area (Å²) in [6.07, 6.45) is -0.756. The minimum Gasteiger partial charge on any atom is -0.481 e. The van der Waals surface area contributed by atoms with Crippen LogP contribution in [-0.2, 0) is 22.2 Å². The molecular weight excluding hydrogens is 611 g/mol. The van der Waals surface area contributed by atoms with E-state index < -0.39 is 47.7 Å². The third kappa shape index (κ3) is 8.42. The van der Waals surface area contributed by atoms with Gasteiger partial charge in [-0.1, -0.05) is 32.0 Å². The normalized spacial score (nSPS) is 13.3. The third-order valence-corrected chi connectivity index (χ3v) is 8.05. The lowest BCUT2D eigenvalue weighted by Gasteiger charge is -2.26. The van der Waals surface area contributed by atoms with Crippen molar-refractivity contribution in [3.8, 4) is 11.3 Å². The number of likely N-dealkylation sites (N-methyl/N-ethyl adjacent to an activating group) is 1. The van der Waals surface area contributed by atoms with E-state index >= 15 is 0 Å². The Kier molecular flexibility index (Phi) is 10.9. The van der Waals surface area contributed by atoms with E-state index in [0.29, 0.717) is 11.8 Å². The Morgan fingerprint density at radius 1 is 1.09 bits per heavy atom. The van der Waals surface area contributed by atoms with Crippen LogP contribution in [0.1, 0.15) is 66.7 Å². The zero-order valence-electron chi connectivity index (χ0n) is 27.4. The van der Waals surface area contributed by atoms with Crippen LogP contribution in [0.5, 0.6) is 0 Å². The number of amides is 1. The van der Waals surface area contributed by atoms with Crippen LogP contribution < -0.4 is 10.9 Å². The number of hydrogen-bond donors (Lipinski definition) is 2. The lowest BCUT2D eigenvalue weighted by molar-refractivity contribution is -0.139. The Hall–Kier alpha value is -4.58. The summed E-state index contributed by atoms with van der Waals surface area (Å²) in [4.78, 5) is 50.2. The van der Waals surface area contributed by atoms with Crippen molar-refractivity contribution >= 4 is 22.6 Å². The Balaban J connectivity index is 1.83. The number of carboxylic acid groups (broad SMARTS) is 1. The molecule has 9 nitrogen and oxygen atoms in total. The number of halogens is 3. The smallest absolute Gasteiger partial charge is 0.416 e. The molecule has 0 aliphatic carbocycles. The molecule has 3 heterocycles. The third-order valence-electron chi connectivity index (χ3n) is 8.05. The second-order valence-electron chi connectivity index (χ2n) is 12.6. The number of aliphatic carboxylic acids is 1. The molecule has 47 heavy (non-hydrogen) atoms. The number of pyridine rings is 3. The number of nitrogens with zero attached hydrogens (tertiary/aromatic N) is 4. The standard InChI is InChI=1S/C35H40F3N5O4/c1-20(2)14-29(43-19-24(11-13-42(5)6)26(16-30(43)44)35(36,37)38)34(47)41-28(17-31(45)46)27-15-23-10-12-39-18-25(23)33(40-27)32-21(3)8-7-9-22(32)4/h7-10,12,15-16,18-20,28-29H,11,13-14,17H2,1-6H3,(H,41,47)(H,45,46)/t28-,29-/m0/s1. The van der Waals surface area contributed by atoms with Crippen LogP contribution in [0.2, 0.25) is 0 Å². The monoisotopic (exact) mass is 651 g/mol. The number of fused-ring (bicyclic) bond motifs is 1. The number of aryl methyl sites for hydroxylation is 2. The summed E-state index contributed by atoms with van der Waals surface area (Å²) in [6.45, 7) is 7.83. The molecule has 0 spiro atoms. The molecule has 0 aliphatic heterocycles. The summed E-state index contributed by atoms with van der Waals surface area (Å²) in [5, 5.41) is 14.2. The number of nitrogens with one attached hydrogen (secondary N) is 1. The molecule has 0 fully saturated rings. The maximum Gasteiger partial charge on any atom is 0.416 e. The maximum atomic E-state index is 14.1. The van der Waals surface area contributed by atoms with Gasteiger partial charge in [-0.15, -0.1) is 0 Å². The highest BCUT2D eigenvalue weighted by Crippen LogP contribution is 2.35. The molecule has 3 aromatic heterocycles. The lowest BCUT2D eigenvalue weighted by Crippen LogP contribution is -2.41. The van der Waals surface area contributed by atoms with Gasteiger partial charge in [0.05, 0.1) is 29.4 Å². The Morgan fingerprint density at radius 2 is 1.77 bits per heavy atom. The quantitative estimate of drug-likeness (QED) is 0.190. The Bertz CT molecular complexity index is 1810. The minimum absolute atomic E-state index is 0.00323. The van der Waals surface area contributed by atoms with Crippen LogP contribution >= 0.6 is 0 Å². The largest absolute Gasteiger partial charge is 0.481 e. The van der Waals surface area contributed by atoms with Crippen molar-refractivity contribution in [2.24, 2.45) is 5.92 Å². The van der Waals surface area contributed by atoms with Crippen LogP contribution in [0.3, 0.4) is 0 Å². The van der Waals surface area contributed by atoms with Gasteiger partial charge < -0.3 is 19.9 Å². The summed E-state index contributed by atoms with van der Waals surface area (Å²) < 4.78 is 42.9. The number of carbonyl (C=O) groups is 2. The molecule has 0 aliphatic rings. The molecule has 1 aromatic carbocycles. The molecule has 4 aromatic rings. The number of aromatic nitrogens is 3. The highest BCUT2D eigenvalue weighted by molar-refractivity contribution is 5.96. The first-order valence-electron chi connectivity index (χ1n) is 15.4. The van der Waals surface area contributed by atoms with Gasteiger partial charge in [-0.3, -0.25) is 19.4 Å². The molecule has 2 atom stereocenters. The number of carbonyl (C=O) groups excluding carboxylic acids is 1. The van der Waals surface area contributed by atoms with E-state index in [4.69, 9.17) is 4.98 Å². The molecule has 0 bridgehead atoms. The number of alkyl halides is 3. The van der Waals surface area contributed by atoms with Gasteiger partial charge in [0.2, 0.25) is 5.91 Å². The SMILES string of the molecule is Cc1cccc(C)c1-c1nc([C@H](CC(=O)O)NC(=O)[C@H](CC(C)C)n2cc(CCN(C)C)c(C(F)(F)F)cc2=O)cc2ccncc12. The fourth-order valence-electron chi connectivity index (χ4n) is 5.77. The maximum absolute atomic E-state index is 14.1. The van der Waals surface area contributed by atoms with Gasteiger partial charge in [0.15, 0.2) is 0 Å². The predicted octanol–water partition coefficient (Wildman–Crippen LogP) is 6.12. The summed E-state index contributed by atoms with van der Waals surface area (Å²) in [6, 6.07) is 7.50. The second-order valence-corrected chi connectivity index (χ2v) is 12.6. The molecule has 4 rings (SSSR count). The summed E-state index contributed by atoms with van der Waals surface area (Å²) in [5.41, 5.74) is 1.48. The predicted molar refractivity (Wildman–Crippen MR) is 174 cm³/mol. The number of hydrogen-bond acceptors (Lipinski definition) is 6. The highest BCUT2D eigenvalue weighted by Gasteiger charge is 2.36. The van der Waals surface area contributed by atoms with Crippen molar-refractivity contribution in [2.75, 3.05) is 20.6 Å². The van der Waals surface area contributed by atoms with Crippen LogP contribution in [-0.4, -0.2) is 57.1 Å². The molecule has 250 valence electrons. The first-order chi connectivity index (χ1) is 22.1. The summed E-state index contributed by atoms with van der Waals surface area (Å²) >= 11 is 0. The summed E-state index contributed by atoms with van der Waals surface area (Å²) in [5.74, 6) is -2.03. The van der Waals surface area contributed by atoms with E-state index in [1.807, 2.05) is 45.9 Å². The van der Waals surface area contributed by atoms with Gasteiger partial charge in [-0.2, -0.15) is 13.2 Å². The zero-order chi connectivity index (χ0) is 34.6. The molecule has 0 unspecified atom stereocenters. The zero-order valence-corrected chi connectivity index (χ0v) is 27.4. The van der Waals surface area contributed by atoms with Crippen molar-refractivity contribution in [2.45, 2.75) is 65.2 Å². The highest BCUT2D eigenvalue weighted by atomic mass is 19.4. The van der Waals surface area contributed by atoms with Crippen molar-refractivity contribution in [1.29, 1.82) is 0 Å². The minimum atomic E-state index is -4.76. The first kappa shape index (κ1) is 35.3. The Labute approximate surface area is 271 Å².